The number of para-hydroxylation sites is 1. The number of nitrogens with one attached hydrogen (secondary N) is 1. The number of rotatable bonds is 5. The number of hydrogen-bond acceptors (Lipinski definition) is 5. The molecular weight excluding hydrogens is 368 g/mol. The molecule has 0 unspecified atom stereocenters. The lowest BCUT2D eigenvalue weighted by Gasteiger charge is -2.35. The maximum absolute atomic E-state index is 12.1. The molecule has 1 aromatic rings. The number of nitrogens with two attached hydrogens (primary N) is 1. The molecule has 144 valence electrons. The highest BCUT2D eigenvalue weighted by Gasteiger charge is 2.25. The molecule has 26 heavy (non-hydrogen) atoms. The average Bonchev–Trinajstić information content (AvgIpc) is 2.55. The van der Waals surface area contributed by atoms with Gasteiger partial charge in [-0.2, -0.15) is 0 Å². The number of benzene rings is 1. The maximum Gasteiger partial charge on any atom is 0.410 e. The van der Waals surface area contributed by atoms with Crippen molar-refractivity contribution in [3.63, 3.8) is 0 Å². The molecule has 0 aliphatic carbocycles. The molecule has 1 amide bonds. The highest BCUT2D eigenvalue weighted by Crippen LogP contribution is 2.27. The normalized spacial score (nSPS) is 15.6. The molecular formula is C18H28N4O2S2. The van der Waals surface area contributed by atoms with Crippen molar-refractivity contribution in [2.75, 3.05) is 43.8 Å². The molecule has 0 saturated carbocycles. The largest absolute Gasteiger partial charge is 0.444 e. The van der Waals surface area contributed by atoms with Gasteiger partial charge in [-0.25, -0.2) is 4.79 Å². The molecule has 0 bridgehead atoms. The molecule has 1 aliphatic heterocycles. The summed E-state index contributed by atoms with van der Waals surface area (Å²) in [4.78, 5) is 17.4. The van der Waals surface area contributed by atoms with Gasteiger partial charge in [0.1, 0.15) is 5.60 Å². The predicted octanol–water partition coefficient (Wildman–Crippen LogP) is 2.99. The Hall–Kier alpha value is -1.51. The van der Waals surface area contributed by atoms with Crippen LogP contribution in [0, 0.1) is 0 Å². The number of piperazine rings is 1. The standard InChI is InChI=1S/C18H28N4O2S2/c1-18(2,3)24-17(23)22-10-8-21(9-11-22)12-13-26-15-7-5-4-6-14(15)20-16(19)25/h4-7H,8-13H2,1-3H3,(H3,19,20,25). The summed E-state index contributed by atoms with van der Waals surface area (Å²) in [5, 5.41) is 3.29. The number of carbonyl (C=O) groups excluding carboxylic acids is 1. The summed E-state index contributed by atoms with van der Waals surface area (Å²) in [6.45, 7) is 9.79. The van der Waals surface area contributed by atoms with Gasteiger partial charge in [0, 0.05) is 43.4 Å². The molecule has 3 N–H and O–H groups in total. The second-order valence-electron chi connectivity index (χ2n) is 7.14. The third-order valence-corrected chi connectivity index (χ3v) is 4.99. The molecule has 0 radical (unpaired) electrons. The van der Waals surface area contributed by atoms with Crippen LogP contribution in [0.15, 0.2) is 29.2 Å². The van der Waals surface area contributed by atoms with Crippen molar-refractivity contribution >= 4 is 40.9 Å². The average molecular weight is 397 g/mol. The van der Waals surface area contributed by atoms with Crippen LogP contribution < -0.4 is 11.1 Å². The summed E-state index contributed by atoms with van der Waals surface area (Å²) < 4.78 is 5.43. The van der Waals surface area contributed by atoms with E-state index in [1.54, 1.807) is 16.7 Å². The Morgan fingerprint density at radius 3 is 2.54 bits per heavy atom. The summed E-state index contributed by atoms with van der Waals surface area (Å²) in [5.74, 6) is 0.961. The van der Waals surface area contributed by atoms with Gasteiger partial charge in [0.2, 0.25) is 0 Å². The number of thiocarbonyl (C=S) groups is 1. The van der Waals surface area contributed by atoms with Gasteiger partial charge in [-0.05, 0) is 45.1 Å². The number of ether oxygens (including phenoxy) is 1. The highest BCUT2D eigenvalue weighted by atomic mass is 32.2. The molecule has 2 rings (SSSR count). The van der Waals surface area contributed by atoms with Gasteiger partial charge in [0.15, 0.2) is 5.11 Å². The second-order valence-corrected chi connectivity index (χ2v) is 8.72. The first-order valence-electron chi connectivity index (χ1n) is 8.73. The summed E-state index contributed by atoms with van der Waals surface area (Å²) in [6.07, 6.45) is -0.218. The van der Waals surface area contributed by atoms with E-state index in [1.165, 1.54) is 0 Å². The third-order valence-electron chi connectivity index (χ3n) is 3.83. The van der Waals surface area contributed by atoms with Crippen LogP contribution in [0.1, 0.15) is 20.8 Å². The maximum atomic E-state index is 12.1. The quantitative estimate of drug-likeness (QED) is 0.586. The van der Waals surface area contributed by atoms with E-state index in [0.29, 0.717) is 13.1 Å². The van der Waals surface area contributed by atoms with Gasteiger partial charge in [-0.15, -0.1) is 11.8 Å². The Morgan fingerprint density at radius 2 is 1.92 bits per heavy atom. The van der Waals surface area contributed by atoms with E-state index >= 15 is 0 Å². The molecule has 1 aromatic carbocycles. The van der Waals surface area contributed by atoms with Crippen molar-refractivity contribution in [1.29, 1.82) is 0 Å². The number of carbonyl (C=O) groups is 1. The Morgan fingerprint density at radius 1 is 1.27 bits per heavy atom. The fourth-order valence-electron chi connectivity index (χ4n) is 2.59. The van der Waals surface area contributed by atoms with Crippen LogP contribution in [-0.4, -0.2) is 65.1 Å². The Balaban J connectivity index is 1.74. The van der Waals surface area contributed by atoms with Gasteiger partial charge in [0.05, 0.1) is 5.69 Å². The fourth-order valence-corrected chi connectivity index (χ4v) is 3.72. The van der Waals surface area contributed by atoms with Crippen molar-refractivity contribution in [3.8, 4) is 0 Å². The van der Waals surface area contributed by atoms with E-state index in [1.807, 2.05) is 39.0 Å². The zero-order valence-corrected chi connectivity index (χ0v) is 17.3. The molecule has 1 aliphatic rings. The van der Waals surface area contributed by atoms with E-state index in [-0.39, 0.29) is 11.2 Å². The summed E-state index contributed by atoms with van der Waals surface area (Å²) >= 11 is 6.70. The second kappa shape index (κ2) is 9.43. The zero-order valence-electron chi connectivity index (χ0n) is 15.7. The van der Waals surface area contributed by atoms with E-state index < -0.39 is 5.60 Å². The van der Waals surface area contributed by atoms with Crippen molar-refractivity contribution in [2.24, 2.45) is 5.73 Å². The number of anilines is 1. The van der Waals surface area contributed by atoms with E-state index in [9.17, 15) is 4.79 Å². The third kappa shape index (κ3) is 7.01. The molecule has 0 spiro atoms. The number of nitrogens with zero attached hydrogens (tertiary/aromatic N) is 2. The van der Waals surface area contributed by atoms with Gasteiger partial charge in [-0.3, -0.25) is 4.90 Å². The van der Waals surface area contributed by atoms with Gasteiger partial charge in [-0.1, -0.05) is 12.1 Å². The topological polar surface area (TPSA) is 70.8 Å². The minimum absolute atomic E-state index is 0.218. The van der Waals surface area contributed by atoms with Gasteiger partial charge in [0.25, 0.3) is 0 Å². The Bertz CT molecular complexity index is 626. The number of amides is 1. The molecule has 8 heteroatoms. The van der Waals surface area contributed by atoms with Crippen molar-refractivity contribution in [2.45, 2.75) is 31.3 Å². The SMILES string of the molecule is CC(C)(C)OC(=O)N1CCN(CCSc2ccccc2NC(N)=S)CC1. The zero-order chi connectivity index (χ0) is 19.2. The highest BCUT2D eigenvalue weighted by molar-refractivity contribution is 7.99. The van der Waals surface area contributed by atoms with Gasteiger partial charge >= 0.3 is 6.09 Å². The first kappa shape index (κ1) is 20.8. The van der Waals surface area contributed by atoms with Crippen LogP contribution in [0.3, 0.4) is 0 Å². The number of thioether (sulfide) groups is 1. The fraction of sp³-hybridized carbons (Fsp3) is 0.556. The van der Waals surface area contributed by atoms with E-state index in [2.05, 4.69) is 16.3 Å². The summed E-state index contributed by atoms with van der Waals surface area (Å²) in [6, 6.07) is 8.00. The molecule has 6 nitrogen and oxygen atoms in total. The first-order valence-corrected chi connectivity index (χ1v) is 10.1. The van der Waals surface area contributed by atoms with E-state index in [4.69, 9.17) is 22.7 Å². The van der Waals surface area contributed by atoms with E-state index in [0.717, 1.165) is 36.0 Å². The van der Waals surface area contributed by atoms with Crippen molar-refractivity contribution in [3.05, 3.63) is 24.3 Å². The molecule has 1 saturated heterocycles. The van der Waals surface area contributed by atoms with Crippen molar-refractivity contribution in [1.82, 2.24) is 9.80 Å². The van der Waals surface area contributed by atoms with Gasteiger partial charge < -0.3 is 20.7 Å². The predicted molar refractivity (Wildman–Crippen MR) is 112 cm³/mol. The first-order chi connectivity index (χ1) is 12.2. The summed E-state index contributed by atoms with van der Waals surface area (Å²) in [7, 11) is 0. The minimum Gasteiger partial charge on any atom is -0.444 e. The lowest BCUT2D eigenvalue weighted by Crippen LogP contribution is -2.50. The minimum atomic E-state index is -0.446. The molecule has 1 heterocycles. The van der Waals surface area contributed by atoms with Crippen LogP contribution in [0.2, 0.25) is 0 Å². The van der Waals surface area contributed by atoms with Crippen molar-refractivity contribution < 1.29 is 9.53 Å². The molecule has 0 atom stereocenters. The van der Waals surface area contributed by atoms with Crippen LogP contribution in [0.25, 0.3) is 0 Å². The van der Waals surface area contributed by atoms with Crippen LogP contribution in [0.4, 0.5) is 10.5 Å². The molecule has 0 aromatic heterocycles. The van der Waals surface area contributed by atoms with Crippen LogP contribution >= 0.6 is 24.0 Å². The lowest BCUT2D eigenvalue weighted by molar-refractivity contribution is 0.0150. The smallest absolute Gasteiger partial charge is 0.410 e. The Kier molecular flexibility index (Phi) is 7.55. The monoisotopic (exact) mass is 396 g/mol. The molecule has 1 fully saturated rings. The Labute approximate surface area is 165 Å². The summed E-state index contributed by atoms with van der Waals surface area (Å²) in [5.41, 5.74) is 6.07. The van der Waals surface area contributed by atoms with Crippen LogP contribution in [0.5, 0.6) is 0 Å². The van der Waals surface area contributed by atoms with Crippen LogP contribution in [-0.2, 0) is 4.74 Å². The number of hydrogen-bond donors (Lipinski definition) is 2. The lowest BCUT2D eigenvalue weighted by atomic mass is 10.2.